The highest BCUT2D eigenvalue weighted by Gasteiger charge is 2.12. The van der Waals surface area contributed by atoms with E-state index in [1.807, 2.05) is 32.6 Å². The van der Waals surface area contributed by atoms with Gasteiger partial charge in [0.05, 0.1) is 17.9 Å². The third-order valence-electron chi connectivity index (χ3n) is 2.14. The van der Waals surface area contributed by atoms with Gasteiger partial charge in [0.25, 0.3) is 0 Å². The van der Waals surface area contributed by atoms with Crippen molar-refractivity contribution in [1.29, 1.82) is 0 Å². The Labute approximate surface area is 82.1 Å². The minimum atomic E-state index is -0.190. The molecule has 2 aromatic rings. The molecule has 74 valence electrons. The van der Waals surface area contributed by atoms with Gasteiger partial charge in [-0.2, -0.15) is 10.2 Å². The minimum absolute atomic E-state index is 0.190. The van der Waals surface area contributed by atoms with Gasteiger partial charge in [0, 0.05) is 32.1 Å². The van der Waals surface area contributed by atoms with Crippen LogP contribution < -0.4 is 5.73 Å². The summed E-state index contributed by atoms with van der Waals surface area (Å²) in [6.45, 7) is 0. The number of aryl methyl sites for hydroxylation is 2. The van der Waals surface area contributed by atoms with E-state index in [9.17, 15) is 0 Å². The fourth-order valence-electron chi connectivity index (χ4n) is 1.37. The van der Waals surface area contributed by atoms with Crippen molar-refractivity contribution in [2.75, 3.05) is 0 Å². The summed E-state index contributed by atoms with van der Waals surface area (Å²) in [6, 6.07) is 1.72. The van der Waals surface area contributed by atoms with E-state index < -0.39 is 0 Å². The summed E-state index contributed by atoms with van der Waals surface area (Å²) in [5.41, 5.74) is 7.85. The summed E-state index contributed by atoms with van der Waals surface area (Å²) < 4.78 is 3.48. The van der Waals surface area contributed by atoms with E-state index in [0.717, 1.165) is 11.3 Å². The third-order valence-corrected chi connectivity index (χ3v) is 2.14. The van der Waals surface area contributed by atoms with Crippen molar-refractivity contribution in [2.45, 2.75) is 6.04 Å². The second-order valence-electron chi connectivity index (χ2n) is 3.34. The molecule has 0 amide bonds. The molecule has 1 atom stereocenters. The van der Waals surface area contributed by atoms with E-state index in [4.69, 9.17) is 5.73 Å². The lowest BCUT2D eigenvalue weighted by Gasteiger charge is -2.04. The molecule has 2 N–H and O–H groups in total. The maximum absolute atomic E-state index is 6.01. The molecule has 0 aromatic carbocycles. The van der Waals surface area contributed by atoms with Crippen LogP contribution in [0.2, 0.25) is 0 Å². The van der Waals surface area contributed by atoms with Gasteiger partial charge in [0.1, 0.15) is 0 Å². The smallest absolute Gasteiger partial charge is 0.0838 e. The topological polar surface area (TPSA) is 61.7 Å². The summed E-state index contributed by atoms with van der Waals surface area (Å²) in [5, 5.41) is 8.32. The number of aromatic nitrogens is 4. The lowest BCUT2D eigenvalue weighted by Crippen LogP contribution is -2.12. The highest BCUT2D eigenvalue weighted by molar-refractivity contribution is 5.21. The second kappa shape index (κ2) is 3.26. The molecule has 0 aliphatic carbocycles. The van der Waals surface area contributed by atoms with Crippen LogP contribution in [0.4, 0.5) is 0 Å². The van der Waals surface area contributed by atoms with Gasteiger partial charge >= 0.3 is 0 Å². The molecule has 0 spiro atoms. The zero-order valence-corrected chi connectivity index (χ0v) is 8.25. The first kappa shape index (κ1) is 8.96. The standard InChI is InChI=1S/C9H13N5/c1-13-4-3-8(12-13)9(10)7-5-11-14(2)6-7/h3-6,9H,10H2,1-2H3. The minimum Gasteiger partial charge on any atom is -0.319 e. The maximum Gasteiger partial charge on any atom is 0.0838 e. The summed E-state index contributed by atoms with van der Waals surface area (Å²) in [7, 11) is 3.74. The Morgan fingerprint density at radius 3 is 2.64 bits per heavy atom. The zero-order valence-electron chi connectivity index (χ0n) is 8.25. The lowest BCUT2D eigenvalue weighted by molar-refractivity contribution is 0.714. The number of rotatable bonds is 2. The van der Waals surface area contributed by atoms with Crippen LogP contribution >= 0.6 is 0 Å². The van der Waals surface area contributed by atoms with Crippen LogP contribution in [0, 0.1) is 0 Å². The predicted octanol–water partition coefficient (Wildman–Crippen LogP) is 0.202. The Morgan fingerprint density at radius 1 is 1.36 bits per heavy atom. The molecule has 0 bridgehead atoms. The lowest BCUT2D eigenvalue weighted by atomic mass is 10.1. The number of hydrogen-bond acceptors (Lipinski definition) is 3. The quantitative estimate of drug-likeness (QED) is 0.737. The molecule has 0 fully saturated rings. The van der Waals surface area contributed by atoms with Crippen LogP contribution in [0.5, 0.6) is 0 Å². The van der Waals surface area contributed by atoms with Gasteiger partial charge in [-0.25, -0.2) is 0 Å². The van der Waals surface area contributed by atoms with Crippen molar-refractivity contribution in [3.63, 3.8) is 0 Å². The molecule has 0 radical (unpaired) electrons. The number of nitrogens with two attached hydrogens (primary N) is 1. The van der Waals surface area contributed by atoms with E-state index in [2.05, 4.69) is 10.2 Å². The van der Waals surface area contributed by atoms with E-state index in [1.165, 1.54) is 0 Å². The maximum atomic E-state index is 6.01. The molecular formula is C9H13N5. The Kier molecular flexibility index (Phi) is 2.09. The highest BCUT2D eigenvalue weighted by atomic mass is 15.3. The fourth-order valence-corrected chi connectivity index (χ4v) is 1.37. The van der Waals surface area contributed by atoms with Crippen molar-refractivity contribution < 1.29 is 0 Å². The van der Waals surface area contributed by atoms with Crippen molar-refractivity contribution in [3.8, 4) is 0 Å². The Morgan fingerprint density at radius 2 is 2.14 bits per heavy atom. The Bertz CT molecular complexity index is 388. The SMILES string of the molecule is Cn1cc(C(N)c2ccn(C)n2)cn1. The third kappa shape index (κ3) is 1.54. The Hall–Kier alpha value is -1.62. The van der Waals surface area contributed by atoms with E-state index in [1.54, 1.807) is 15.6 Å². The van der Waals surface area contributed by atoms with Gasteiger partial charge < -0.3 is 5.73 Å². The highest BCUT2D eigenvalue weighted by Crippen LogP contribution is 2.16. The van der Waals surface area contributed by atoms with Crippen LogP contribution in [0.15, 0.2) is 24.7 Å². The van der Waals surface area contributed by atoms with Gasteiger partial charge in [-0.3, -0.25) is 9.36 Å². The monoisotopic (exact) mass is 191 g/mol. The van der Waals surface area contributed by atoms with Crippen molar-refractivity contribution >= 4 is 0 Å². The largest absolute Gasteiger partial charge is 0.319 e. The van der Waals surface area contributed by atoms with Crippen molar-refractivity contribution in [2.24, 2.45) is 19.8 Å². The summed E-state index contributed by atoms with van der Waals surface area (Å²) in [4.78, 5) is 0. The molecular weight excluding hydrogens is 178 g/mol. The van der Waals surface area contributed by atoms with Gasteiger partial charge in [-0.1, -0.05) is 0 Å². The average Bonchev–Trinajstić information content (AvgIpc) is 2.73. The molecule has 1 unspecified atom stereocenters. The average molecular weight is 191 g/mol. The van der Waals surface area contributed by atoms with Gasteiger partial charge in [0.15, 0.2) is 0 Å². The van der Waals surface area contributed by atoms with Gasteiger partial charge in [0.2, 0.25) is 0 Å². The second-order valence-corrected chi connectivity index (χ2v) is 3.34. The molecule has 0 saturated carbocycles. The molecule has 14 heavy (non-hydrogen) atoms. The van der Waals surface area contributed by atoms with Gasteiger partial charge in [-0.15, -0.1) is 0 Å². The molecule has 5 nitrogen and oxygen atoms in total. The first-order valence-corrected chi connectivity index (χ1v) is 4.40. The molecule has 2 heterocycles. The van der Waals surface area contributed by atoms with Crippen LogP contribution in [0.3, 0.4) is 0 Å². The molecule has 0 aliphatic rings. The zero-order chi connectivity index (χ0) is 10.1. The van der Waals surface area contributed by atoms with Crippen molar-refractivity contribution in [1.82, 2.24) is 19.6 Å². The predicted molar refractivity (Wildman–Crippen MR) is 52.4 cm³/mol. The van der Waals surface area contributed by atoms with Crippen LogP contribution in [0.1, 0.15) is 17.3 Å². The van der Waals surface area contributed by atoms with E-state index in [-0.39, 0.29) is 6.04 Å². The summed E-state index contributed by atoms with van der Waals surface area (Å²) >= 11 is 0. The summed E-state index contributed by atoms with van der Waals surface area (Å²) in [6.07, 6.45) is 5.55. The van der Waals surface area contributed by atoms with Crippen LogP contribution in [-0.2, 0) is 14.1 Å². The number of hydrogen-bond donors (Lipinski definition) is 1. The normalized spacial score (nSPS) is 13.1. The molecule has 5 heteroatoms. The van der Waals surface area contributed by atoms with E-state index >= 15 is 0 Å². The molecule has 0 aliphatic heterocycles. The molecule has 2 aromatic heterocycles. The molecule has 0 saturated heterocycles. The van der Waals surface area contributed by atoms with E-state index in [0.29, 0.717) is 0 Å². The fraction of sp³-hybridized carbons (Fsp3) is 0.333. The van der Waals surface area contributed by atoms with Gasteiger partial charge in [-0.05, 0) is 6.07 Å². The number of nitrogens with zero attached hydrogens (tertiary/aromatic N) is 4. The van der Waals surface area contributed by atoms with Crippen molar-refractivity contribution in [3.05, 3.63) is 35.9 Å². The van der Waals surface area contributed by atoms with Crippen LogP contribution in [0.25, 0.3) is 0 Å². The van der Waals surface area contributed by atoms with Crippen LogP contribution in [-0.4, -0.2) is 19.6 Å². The first-order valence-electron chi connectivity index (χ1n) is 4.40. The summed E-state index contributed by atoms with van der Waals surface area (Å²) in [5.74, 6) is 0. The first-order chi connectivity index (χ1) is 6.66. The molecule has 2 rings (SSSR count). The Balaban J connectivity index is 2.28.